The van der Waals surface area contributed by atoms with E-state index in [0.29, 0.717) is 21.2 Å². The molecule has 1 aromatic carbocycles. The molecule has 98 valence electrons. The molecule has 4 N–H and O–H groups in total. The van der Waals surface area contributed by atoms with Crippen molar-refractivity contribution in [2.75, 3.05) is 5.32 Å². The first-order chi connectivity index (χ1) is 9.11. The van der Waals surface area contributed by atoms with Crippen molar-refractivity contribution in [2.24, 2.45) is 10.9 Å². The van der Waals surface area contributed by atoms with Crippen LogP contribution in [0.25, 0.3) is 0 Å². The summed E-state index contributed by atoms with van der Waals surface area (Å²) in [4.78, 5) is 12.5. The Morgan fingerprint density at radius 1 is 1.42 bits per heavy atom. The van der Waals surface area contributed by atoms with Crippen LogP contribution in [-0.2, 0) is 0 Å². The molecule has 5 nitrogen and oxygen atoms in total. The first-order valence-electron chi connectivity index (χ1n) is 5.24. The van der Waals surface area contributed by atoms with Gasteiger partial charge in [0.2, 0.25) is 0 Å². The van der Waals surface area contributed by atoms with E-state index in [4.69, 9.17) is 22.5 Å². The number of anilines is 1. The molecule has 2 rings (SSSR count). The summed E-state index contributed by atoms with van der Waals surface area (Å²) in [5, 5.41) is 16.6. The van der Waals surface area contributed by atoms with E-state index in [1.54, 1.807) is 35.7 Å². The molecule has 1 amide bonds. The van der Waals surface area contributed by atoms with Crippen molar-refractivity contribution < 1.29 is 10.0 Å². The van der Waals surface area contributed by atoms with Crippen molar-refractivity contribution in [1.82, 2.24) is 0 Å². The number of carbonyl (C=O) groups excluding carboxylic acids is 1. The number of nitrogens with one attached hydrogen (secondary N) is 1. The van der Waals surface area contributed by atoms with Crippen molar-refractivity contribution >= 4 is 40.4 Å². The average molecular weight is 296 g/mol. The molecule has 0 fully saturated rings. The number of nitrogens with two attached hydrogens (primary N) is 1. The molecule has 19 heavy (non-hydrogen) atoms. The Bertz CT molecular complexity index is 626. The Kier molecular flexibility index (Phi) is 4.03. The average Bonchev–Trinajstić information content (AvgIpc) is 2.92. The monoisotopic (exact) mass is 295 g/mol. The topological polar surface area (TPSA) is 87.7 Å². The predicted octanol–water partition coefficient (Wildman–Crippen LogP) is 2.75. The highest BCUT2D eigenvalue weighted by molar-refractivity contribution is 7.12. The molecule has 7 heteroatoms. The maximum atomic E-state index is 12.0. The Hall–Kier alpha value is -2.05. The summed E-state index contributed by atoms with van der Waals surface area (Å²) in [7, 11) is 0. The number of hydrogen-bond acceptors (Lipinski definition) is 4. The molecule has 0 saturated heterocycles. The molecule has 0 aliphatic carbocycles. The number of hydrogen-bond donors (Lipinski definition) is 3. The molecule has 0 aliphatic heterocycles. The van der Waals surface area contributed by atoms with Crippen LogP contribution in [0.4, 0.5) is 5.69 Å². The van der Waals surface area contributed by atoms with E-state index in [-0.39, 0.29) is 11.7 Å². The fourth-order valence-electron chi connectivity index (χ4n) is 1.49. The summed E-state index contributed by atoms with van der Waals surface area (Å²) in [6.07, 6.45) is 0. The van der Waals surface area contributed by atoms with E-state index >= 15 is 0 Å². The highest BCUT2D eigenvalue weighted by Crippen LogP contribution is 2.22. The van der Waals surface area contributed by atoms with Gasteiger partial charge in [-0.15, -0.1) is 11.3 Å². The van der Waals surface area contributed by atoms with Gasteiger partial charge in [0, 0.05) is 10.6 Å². The Labute approximate surface area is 118 Å². The Morgan fingerprint density at radius 2 is 2.21 bits per heavy atom. The second-order valence-electron chi connectivity index (χ2n) is 3.61. The molecule has 0 saturated carbocycles. The number of thiophene rings is 1. The second-order valence-corrected chi connectivity index (χ2v) is 4.99. The van der Waals surface area contributed by atoms with Crippen LogP contribution in [0.15, 0.2) is 40.9 Å². The highest BCUT2D eigenvalue weighted by Gasteiger charge is 2.12. The van der Waals surface area contributed by atoms with Crippen LogP contribution in [0.2, 0.25) is 5.02 Å². The van der Waals surface area contributed by atoms with Crippen molar-refractivity contribution in [2.45, 2.75) is 0 Å². The third kappa shape index (κ3) is 3.04. The fraction of sp³-hybridized carbons (Fsp3) is 0. The number of oxime groups is 1. The summed E-state index contributed by atoms with van der Waals surface area (Å²) in [6.45, 7) is 0. The maximum absolute atomic E-state index is 12.0. The standard InChI is InChI=1S/C12H10ClN3O2S/c13-7-3-4-8(11(14)16-18)9(6-7)15-12(17)10-2-1-5-19-10/h1-6,18H,(H2,14,16)(H,15,17). The number of halogens is 1. The smallest absolute Gasteiger partial charge is 0.265 e. The zero-order valence-corrected chi connectivity index (χ0v) is 11.2. The minimum Gasteiger partial charge on any atom is -0.409 e. The fourth-order valence-corrected chi connectivity index (χ4v) is 2.28. The van der Waals surface area contributed by atoms with E-state index in [1.807, 2.05) is 0 Å². The highest BCUT2D eigenvalue weighted by atomic mass is 35.5. The van der Waals surface area contributed by atoms with Crippen LogP contribution in [0.1, 0.15) is 15.2 Å². The maximum Gasteiger partial charge on any atom is 0.265 e. The Balaban J connectivity index is 2.33. The van der Waals surface area contributed by atoms with Crippen molar-refractivity contribution in [3.05, 3.63) is 51.2 Å². The van der Waals surface area contributed by atoms with Gasteiger partial charge >= 0.3 is 0 Å². The molecule has 0 unspecified atom stereocenters. The second kappa shape index (κ2) is 5.73. The number of benzene rings is 1. The number of rotatable bonds is 3. The summed E-state index contributed by atoms with van der Waals surface area (Å²) >= 11 is 7.20. The zero-order valence-electron chi connectivity index (χ0n) is 9.63. The van der Waals surface area contributed by atoms with Gasteiger partial charge in [-0.05, 0) is 29.6 Å². The van der Waals surface area contributed by atoms with E-state index in [0.717, 1.165) is 0 Å². The SMILES string of the molecule is NC(=NO)c1ccc(Cl)cc1NC(=O)c1cccs1. The van der Waals surface area contributed by atoms with E-state index in [9.17, 15) is 4.79 Å². The van der Waals surface area contributed by atoms with Gasteiger partial charge < -0.3 is 16.3 Å². The quantitative estimate of drug-likeness (QED) is 0.352. The number of carbonyl (C=O) groups is 1. The minimum absolute atomic E-state index is 0.0989. The van der Waals surface area contributed by atoms with Crippen LogP contribution in [0, 0.1) is 0 Å². The van der Waals surface area contributed by atoms with E-state index in [1.165, 1.54) is 11.3 Å². The molecule has 0 atom stereocenters. The molecule has 0 aliphatic rings. The van der Waals surface area contributed by atoms with Gasteiger partial charge in [-0.3, -0.25) is 4.79 Å². The molecule has 2 aromatic rings. The van der Waals surface area contributed by atoms with Crippen LogP contribution >= 0.6 is 22.9 Å². The molecular formula is C12H10ClN3O2S. The van der Waals surface area contributed by atoms with Crippen LogP contribution < -0.4 is 11.1 Å². The minimum atomic E-state index is -0.274. The predicted molar refractivity (Wildman–Crippen MR) is 76.2 cm³/mol. The van der Waals surface area contributed by atoms with Gasteiger partial charge in [0.15, 0.2) is 5.84 Å². The largest absolute Gasteiger partial charge is 0.409 e. The Morgan fingerprint density at radius 3 is 2.84 bits per heavy atom. The number of amidine groups is 1. The van der Waals surface area contributed by atoms with Crippen LogP contribution in [0.5, 0.6) is 0 Å². The molecule has 1 heterocycles. The van der Waals surface area contributed by atoms with Crippen LogP contribution in [-0.4, -0.2) is 17.0 Å². The normalized spacial score (nSPS) is 11.3. The summed E-state index contributed by atoms with van der Waals surface area (Å²) in [6, 6.07) is 8.19. The molecule has 0 bridgehead atoms. The van der Waals surface area contributed by atoms with E-state index < -0.39 is 0 Å². The van der Waals surface area contributed by atoms with Crippen LogP contribution in [0.3, 0.4) is 0 Å². The van der Waals surface area contributed by atoms with Gasteiger partial charge in [0.25, 0.3) is 5.91 Å². The lowest BCUT2D eigenvalue weighted by Crippen LogP contribution is -2.18. The van der Waals surface area contributed by atoms with Gasteiger partial charge in [-0.1, -0.05) is 22.8 Å². The summed E-state index contributed by atoms with van der Waals surface area (Å²) < 4.78 is 0. The summed E-state index contributed by atoms with van der Waals surface area (Å²) in [5.74, 6) is -0.373. The summed E-state index contributed by atoms with van der Waals surface area (Å²) in [5.41, 5.74) is 6.34. The lowest BCUT2D eigenvalue weighted by atomic mass is 10.1. The van der Waals surface area contributed by atoms with E-state index in [2.05, 4.69) is 10.5 Å². The number of nitrogens with zero attached hydrogens (tertiary/aromatic N) is 1. The number of amides is 1. The third-order valence-electron chi connectivity index (χ3n) is 2.36. The first kappa shape index (κ1) is 13.4. The third-order valence-corrected chi connectivity index (χ3v) is 3.46. The first-order valence-corrected chi connectivity index (χ1v) is 6.50. The van der Waals surface area contributed by atoms with Crippen molar-refractivity contribution in [3.63, 3.8) is 0 Å². The molecule has 0 spiro atoms. The molecule has 0 radical (unpaired) electrons. The van der Waals surface area contributed by atoms with Gasteiger partial charge in [0.05, 0.1) is 10.6 Å². The van der Waals surface area contributed by atoms with Gasteiger partial charge in [-0.2, -0.15) is 0 Å². The van der Waals surface area contributed by atoms with Crippen molar-refractivity contribution in [1.29, 1.82) is 0 Å². The molecule has 1 aromatic heterocycles. The molecular weight excluding hydrogens is 286 g/mol. The van der Waals surface area contributed by atoms with Gasteiger partial charge in [-0.25, -0.2) is 0 Å². The zero-order chi connectivity index (χ0) is 13.8. The van der Waals surface area contributed by atoms with Gasteiger partial charge in [0.1, 0.15) is 0 Å². The lowest BCUT2D eigenvalue weighted by molar-refractivity contribution is 0.103. The lowest BCUT2D eigenvalue weighted by Gasteiger charge is -2.09. The van der Waals surface area contributed by atoms with Crippen molar-refractivity contribution in [3.8, 4) is 0 Å².